The van der Waals surface area contributed by atoms with Gasteiger partial charge in [-0.15, -0.1) is 0 Å². The van der Waals surface area contributed by atoms with Crippen LogP contribution in [0.3, 0.4) is 0 Å². The third kappa shape index (κ3) is 4.72. The number of nitrogens with one attached hydrogen (secondary N) is 2. The Hall–Kier alpha value is -3.39. The Morgan fingerprint density at radius 1 is 1.03 bits per heavy atom. The van der Waals surface area contributed by atoms with Crippen molar-refractivity contribution in [3.05, 3.63) is 60.1 Å². The van der Waals surface area contributed by atoms with Gasteiger partial charge in [0.1, 0.15) is 5.76 Å². The number of anilines is 4. The topological polar surface area (TPSA) is 86.5 Å². The first-order valence-corrected chi connectivity index (χ1v) is 9.57. The van der Waals surface area contributed by atoms with E-state index in [1.807, 2.05) is 31.2 Å². The molecular formula is C21H24N6O2. The van der Waals surface area contributed by atoms with E-state index in [1.54, 1.807) is 18.3 Å². The van der Waals surface area contributed by atoms with E-state index in [9.17, 15) is 4.79 Å². The number of carbonyl (C=O) groups is 1. The highest BCUT2D eigenvalue weighted by Crippen LogP contribution is 2.21. The lowest BCUT2D eigenvalue weighted by Gasteiger charge is -2.34. The molecule has 3 heterocycles. The van der Waals surface area contributed by atoms with Crippen LogP contribution in [0, 0.1) is 6.92 Å². The van der Waals surface area contributed by atoms with Crippen LogP contribution in [0.2, 0.25) is 0 Å². The first-order chi connectivity index (χ1) is 14.1. The second kappa shape index (κ2) is 8.32. The Bertz CT molecular complexity index is 977. The number of benzene rings is 1. The van der Waals surface area contributed by atoms with E-state index < -0.39 is 0 Å². The smallest absolute Gasteiger partial charge is 0.257 e. The number of aromatic nitrogens is 2. The standard InChI is InChI=1S/C21H24N6O2/c1-15-11-20(25-29-15)23-18-12-16(13-22-14-18)21(28)24-17-3-5-19(6-4-17)27-9-7-26(2)8-10-27/h3-6,11-14H,7-10H2,1-2H3,(H,23,25)(H,24,28). The molecule has 2 N–H and O–H groups in total. The Morgan fingerprint density at radius 3 is 2.48 bits per heavy atom. The van der Waals surface area contributed by atoms with E-state index >= 15 is 0 Å². The molecule has 0 aliphatic carbocycles. The molecule has 29 heavy (non-hydrogen) atoms. The van der Waals surface area contributed by atoms with E-state index in [1.165, 1.54) is 11.9 Å². The van der Waals surface area contributed by atoms with Gasteiger partial charge in [0.25, 0.3) is 5.91 Å². The third-order valence-electron chi connectivity index (χ3n) is 4.89. The van der Waals surface area contributed by atoms with Crippen LogP contribution >= 0.6 is 0 Å². The molecule has 8 heteroatoms. The van der Waals surface area contributed by atoms with Crippen LogP contribution in [0.4, 0.5) is 22.9 Å². The summed E-state index contributed by atoms with van der Waals surface area (Å²) in [5, 5.41) is 9.88. The van der Waals surface area contributed by atoms with Crippen molar-refractivity contribution in [2.75, 3.05) is 48.8 Å². The highest BCUT2D eigenvalue weighted by Gasteiger charge is 2.14. The average molecular weight is 392 g/mol. The molecule has 0 unspecified atom stereocenters. The van der Waals surface area contributed by atoms with Crippen molar-refractivity contribution >= 4 is 28.8 Å². The highest BCUT2D eigenvalue weighted by molar-refractivity contribution is 6.04. The number of amides is 1. The van der Waals surface area contributed by atoms with Crippen molar-refractivity contribution in [3.8, 4) is 0 Å². The number of rotatable bonds is 5. The molecule has 1 aliphatic heterocycles. The van der Waals surface area contributed by atoms with Crippen molar-refractivity contribution in [1.82, 2.24) is 15.0 Å². The molecule has 0 atom stereocenters. The largest absolute Gasteiger partial charge is 0.369 e. The number of hydrogen-bond acceptors (Lipinski definition) is 7. The van der Waals surface area contributed by atoms with Crippen LogP contribution in [0.15, 0.2) is 53.3 Å². The number of hydrogen-bond donors (Lipinski definition) is 2. The number of pyridine rings is 1. The maximum Gasteiger partial charge on any atom is 0.257 e. The van der Waals surface area contributed by atoms with E-state index in [4.69, 9.17) is 4.52 Å². The lowest BCUT2D eigenvalue weighted by atomic mass is 10.2. The number of likely N-dealkylation sites (N-methyl/N-ethyl adjacent to an activating group) is 1. The Labute approximate surface area is 169 Å². The molecule has 150 valence electrons. The van der Waals surface area contributed by atoms with Gasteiger partial charge in [-0.3, -0.25) is 9.78 Å². The molecule has 1 fully saturated rings. The van der Waals surface area contributed by atoms with Crippen LogP contribution in [-0.2, 0) is 0 Å². The van der Waals surface area contributed by atoms with Crippen LogP contribution in [-0.4, -0.2) is 54.2 Å². The van der Waals surface area contributed by atoms with Gasteiger partial charge >= 0.3 is 0 Å². The van der Waals surface area contributed by atoms with Gasteiger partial charge in [0.15, 0.2) is 5.82 Å². The van der Waals surface area contributed by atoms with Crippen LogP contribution in [0.1, 0.15) is 16.1 Å². The van der Waals surface area contributed by atoms with Gasteiger partial charge in [-0.05, 0) is 44.3 Å². The number of aryl methyl sites for hydroxylation is 1. The second-order valence-corrected chi connectivity index (χ2v) is 7.20. The van der Waals surface area contributed by atoms with Gasteiger partial charge in [0.2, 0.25) is 0 Å². The Morgan fingerprint density at radius 2 is 1.79 bits per heavy atom. The molecular weight excluding hydrogens is 368 g/mol. The minimum Gasteiger partial charge on any atom is -0.369 e. The average Bonchev–Trinajstić information content (AvgIpc) is 3.14. The minimum absolute atomic E-state index is 0.218. The first kappa shape index (κ1) is 18.9. The van der Waals surface area contributed by atoms with Gasteiger partial charge < -0.3 is 25.0 Å². The van der Waals surface area contributed by atoms with Gasteiger partial charge in [-0.25, -0.2) is 0 Å². The molecule has 1 aliphatic rings. The predicted octanol–water partition coefficient (Wildman–Crippen LogP) is 3.13. The third-order valence-corrected chi connectivity index (χ3v) is 4.89. The van der Waals surface area contributed by atoms with Crippen molar-refractivity contribution in [2.24, 2.45) is 0 Å². The fraction of sp³-hybridized carbons (Fsp3) is 0.286. The van der Waals surface area contributed by atoms with E-state index in [-0.39, 0.29) is 5.91 Å². The van der Waals surface area contributed by atoms with Crippen molar-refractivity contribution in [1.29, 1.82) is 0 Å². The number of nitrogens with zero attached hydrogens (tertiary/aromatic N) is 4. The fourth-order valence-electron chi connectivity index (χ4n) is 3.23. The lowest BCUT2D eigenvalue weighted by Crippen LogP contribution is -2.44. The molecule has 0 spiro atoms. The molecule has 1 amide bonds. The lowest BCUT2D eigenvalue weighted by molar-refractivity contribution is 0.102. The molecule has 0 bridgehead atoms. The molecule has 3 aromatic rings. The van der Waals surface area contributed by atoms with Crippen molar-refractivity contribution in [3.63, 3.8) is 0 Å². The summed E-state index contributed by atoms with van der Waals surface area (Å²) in [5.74, 6) is 1.06. The van der Waals surface area contributed by atoms with E-state index in [2.05, 4.69) is 37.6 Å². The quantitative estimate of drug-likeness (QED) is 0.690. The van der Waals surface area contributed by atoms with Crippen LogP contribution in [0.5, 0.6) is 0 Å². The molecule has 1 saturated heterocycles. The summed E-state index contributed by atoms with van der Waals surface area (Å²) in [6.45, 7) is 5.96. The van der Waals surface area contributed by atoms with E-state index in [0.29, 0.717) is 22.8 Å². The van der Waals surface area contributed by atoms with Crippen molar-refractivity contribution in [2.45, 2.75) is 6.92 Å². The molecule has 0 radical (unpaired) electrons. The summed E-state index contributed by atoms with van der Waals surface area (Å²) >= 11 is 0. The maximum atomic E-state index is 12.6. The first-order valence-electron chi connectivity index (χ1n) is 9.57. The van der Waals surface area contributed by atoms with Gasteiger partial charge in [-0.2, -0.15) is 0 Å². The van der Waals surface area contributed by atoms with E-state index in [0.717, 1.165) is 31.9 Å². The SMILES string of the molecule is Cc1cc(Nc2cncc(C(=O)Nc3ccc(N4CCN(C)CC4)cc3)c2)no1. The molecule has 8 nitrogen and oxygen atoms in total. The summed E-state index contributed by atoms with van der Waals surface area (Å²) in [6, 6.07) is 11.5. The summed E-state index contributed by atoms with van der Waals surface area (Å²) in [7, 11) is 2.14. The number of piperazine rings is 1. The molecule has 4 rings (SSSR count). The zero-order valence-corrected chi connectivity index (χ0v) is 16.6. The second-order valence-electron chi connectivity index (χ2n) is 7.20. The molecule has 0 saturated carbocycles. The normalized spacial score (nSPS) is 14.6. The Kier molecular flexibility index (Phi) is 5.44. The van der Waals surface area contributed by atoms with Gasteiger partial charge in [0.05, 0.1) is 17.4 Å². The van der Waals surface area contributed by atoms with Crippen LogP contribution < -0.4 is 15.5 Å². The maximum absolute atomic E-state index is 12.6. The predicted molar refractivity (Wildman–Crippen MR) is 113 cm³/mol. The monoisotopic (exact) mass is 392 g/mol. The summed E-state index contributed by atoms with van der Waals surface area (Å²) in [5.41, 5.74) is 3.04. The molecule has 1 aromatic carbocycles. The zero-order chi connectivity index (χ0) is 20.2. The van der Waals surface area contributed by atoms with Crippen molar-refractivity contribution < 1.29 is 9.32 Å². The van der Waals surface area contributed by atoms with Gasteiger partial charge in [0, 0.05) is 49.8 Å². The summed E-state index contributed by atoms with van der Waals surface area (Å²) in [6.07, 6.45) is 3.17. The number of carbonyl (C=O) groups excluding carboxylic acids is 1. The zero-order valence-electron chi connectivity index (χ0n) is 16.6. The highest BCUT2D eigenvalue weighted by atomic mass is 16.5. The Balaban J connectivity index is 1.39. The molecule has 2 aromatic heterocycles. The fourth-order valence-corrected chi connectivity index (χ4v) is 3.23. The van der Waals surface area contributed by atoms with Gasteiger partial charge in [-0.1, -0.05) is 5.16 Å². The van der Waals surface area contributed by atoms with Crippen LogP contribution in [0.25, 0.3) is 0 Å². The summed E-state index contributed by atoms with van der Waals surface area (Å²) in [4.78, 5) is 21.4. The minimum atomic E-state index is -0.218. The summed E-state index contributed by atoms with van der Waals surface area (Å²) < 4.78 is 5.03.